The molecule has 1 aliphatic heterocycles. The van der Waals surface area contributed by atoms with E-state index in [0.717, 1.165) is 23.8 Å². The third-order valence-electron chi connectivity index (χ3n) is 4.15. The van der Waals surface area contributed by atoms with Crippen LogP contribution >= 0.6 is 0 Å². The molecule has 0 radical (unpaired) electrons. The van der Waals surface area contributed by atoms with Crippen LogP contribution < -0.4 is 10.2 Å². The first-order valence-electron chi connectivity index (χ1n) is 7.47. The van der Waals surface area contributed by atoms with Crippen LogP contribution in [0.5, 0.6) is 0 Å². The second kappa shape index (κ2) is 5.70. The van der Waals surface area contributed by atoms with Gasteiger partial charge in [-0.15, -0.1) is 0 Å². The predicted octanol–water partition coefficient (Wildman–Crippen LogP) is 3.23. The van der Waals surface area contributed by atoms with Gasteiger partial charge in [-0.3, -0.25) is 9.59 Å². The Hall–Kier alpha value is -2.76. The molecule has 1 N–H and O–H groups in total. The molecule has 124 valence electrons. The highest BCUT2D eigenvalue weighted by Gasteiger charge is 2.44. The molecule has 6 heteroatoms. The fourth-order valence-electron chi connectivity index (χ4n) is 2.88. The molecule has 0 aromatic heterocycles. The number of carbonyl (C=O) groups is 2. The van der Waals surface area contributed by atoms with E-state index in [-0.39, 0.29) is 18.1 Å². The molecule has 2 aromatic rings. The smallest absolute Gasteiger partial charge is 0.244 e. The first-order chi connectivity index (χ1) is 11.3. The molecular formula is C18H16F2N2O2. The number of hydrogen-bond donors (Lipinski definition) is 1. The van der Waals surface area contributed by atoms with Gasteiger partial charge in [-0.1, -0.05) is 18.2 Å². The van der Waals surface area contributed by atoms with Crippen LogP contribution in [0.1, 0.15) is 19.4 Å². The standard InChI is InChI=1S/C18H16F2N2O2/c1-18(2)12-5-3-4-6-15(12)22(17(18)24)10-16(23)21-14-9-11(19)7-8-13(14)20/h3-9H,10H2,1-2H3,(H,21,23). The minimum atomic E-state index is -0.738. The number of anilines is 2. The topological polar surface area (TPSA) is 49.4 Å². The van der Waals surface area contributed by atoms with E-state index in [4.69, 9.17) is 0 Å². The maximum Gasteiger partial charge on any atom is 0.244 e. The van der Waals surface area contributed by atoms with Crippen LogP contribution in [0.3, 0.4) is 0 Å². The van der Waals surface area contributed by atoms with Gasteiger partial charge in [0.2, 0.25) is 11.8 Å². The number of fused-ring (bicyclic) bond motifs is 1. The lowest BCUT2D eigenvalue weighted by molar-refractivity contribution is -0.124. The van der Waals surface area contributed by atoms with Crippen molar-refractivity contribution in [1.82, 2.24) is 0 Å². The zero-order valence-electron chi connectivity index (χ0n) is 13.3. The Morgan fingerprint density at radius 3 is 2.62 bits per heavy atom. The van der Waals surface area contributed by atoms with Crippen LogP contribution in [0.2, 0.25) is 0 Å². The van der Waals surface area contributed by atoms with Crippen molar-refractivity contribution in [1.29, 1.82) is 0 Å². The first kappa shape index (κ1) is 16.1. The van der Waals surface area contributed by atoms with Crippen LogP contribution in [-0.4, -0.2) is 18.4 Å². The maximum atomic E-state index is 13.6. The quantitative estimate of drug-likeness (QED) is 0.939. The van der Waals surface area contributed by atoms with Gasteiger partial charge in [0.15, 0.2) is 0 Å². The summed E-state index contributed by atoms with van der Waals surface area (Å²) in [6, 6.07) is 10.0. The summed E-state index contributed by atoms with van der Waals surface area (Å²) in [6.07, 6.45) is 0. The Morgan fingerprint density at radius 1 is 1.17 bits per heavy atom. The Morgan fingerprint density at radius 2 is 1.88 bits per heavy atom. The molecule has 24 heavy (non-hydrogen) atoms. The van der Waals surface area contributed by atoms with Crippen LogP contribution in [0.15, 0.2) is 42.5 Å². The van der Waals surface area contributed by atoms with E-state index in [2.05, 4.69) is 5.32 Å². The van der Waals surface area contributed by atoms with E-state index in [1.807, 2.05) is 12.1 Å². The average Bonchev–Trinajstić information content (AvgIpc) is 2.72. The van der Waals surface area contributed by atoms with Crippen LogP contribution in [0.25, 0.3) is 0 Å². The lowest BCUT2D eigenvalue weighted by Crippen LogP contribution is -2.40. The highest BCUT2D eigenvalue weighted by atomic mass is 19.1. The Bertz CT molecular complexity index is 834. The molecule has 2 amide bonds. The van der Waals surface area contributed by atoms with Crippen molar-refractivity contribution in [3.05, 3.63) is 59.7 Å². The molecular weight excluding hydrogens is 314 g/mol. The summed E-state index contributed by atoms with van der Waals surface area (Å²) in [5.74, 6) is -2.20. The SMILES string of the molecule is CC1(C)C(=O)N(CC(=O)Nc2cc(F)ccc2F)c2ccccc21. The van der Waals surface area contributed by atoms with Crippen molar-refractivity contribution in [2.45, 2.75) is 19.3 Å². The normalized spacial score (nSPS) is 15.3. The van der Waals surface area contributed by atoms with Crippen LogP contribution in [-0.2, 0) is 15.0 Å². The second-order valence-electron chi connectivity index (χ2n) is 6.21. The van der Waals surface area contributed by atoms with Crippen molar-refractivity contribution in [3.8, 4) is 0 Å². The number of amides is 2. The van der Waals surface area contributed by atoms with Gasteiger partial charge in [0.05, 0.1) is 11.1 Å². The lowest BCUT2D eigenvalue weighted by atomic mass is 9.86. The third kappa shape index (κ3) is 2.64. The van der Waals surface area contributed by atoms with E-state index >= 15 is 0 Å². The largest absolute Gasteiger partial charge is 0.322 e. The summed E-state index contributed by atoms with van der Waals surface area (Å²) in [6.45, 7) is 3.31. The number of para-hydroxylation sites is 1. The molecule has 0 spiro atoms. The number of halogens is 2. The number of carbonyl (C=O) groups excluding carboxylic acids is 2. The average molecular weight is 330 g/mol. The summed E-state index contributed by atoms with van der Waals surface area (Å²) >= 11 is 0. The Kier molecular flexibility index (Phi) is 3.83. The third-order valence-corrected chi connectivity index (χ3v) is 4.15. The monoisotopic (exact) mass is 330 g/mol. The molecule has 0 atom stereocenters. The van der Waals surface area contributed by atoms with Gasteiger partial charge in [0.1, 0.15) is 18.2 Å². The lowest BCUT2D eigenvalue weighted by Gasteiger charge is -2.20. The molecule has 0 saturated carbocycles. The number of nitrogens with one attached hydrogen (secondary N) is 1. The van der Waals surface area contributed by atoms with E-state index in [0.29, 0.717) is 5.69 Å². The fourth-order valence-corrected chi connectivity index (χ4v) is 2.88. The molecule has 1 aliphatic rings. The summed E-state index contributed by atoms with van der Waals surface area (Å²) in [4.78, 5) is 26.2. The molecule has 2 aromatic carbocycles. The molecule has 0 saturated heterocycles. The number of nitrogens with zero attached hydrogens (tertiary/aromatic N) is 1. The summed E-state index contributed by atoms with van der Waals surface area (Å²) in [5, 5.41) is 2.31. The van der Waals surface area contributed by atoms with Crippen molar-refractivity contribution in [3.63, 3.8) is 0 Å². The number of benzene rings is 2. The van der Waals surface area contributed by atoms with E-state index in [1.165, 1.54) is 4.90 Å². The van der Waals surface area contributed by atoms with Gasteiger partial charge in [-0.05, 0) is 37.6 Å². The van der Waals surface area contributed by atoms with Gasteiger partial charge in [0.25, 0.3) is 0 Å². The van der Waals surface area contributed by atoms with Gasteiger partial charge in [0, 0.05) is 11.8 Å². The minimum absolute atomic E-state index is 0.210. The molecule has 0 aliphatic carbocycles. The molecule has 3 rings (SSSR count). The molecule has 0 fully saturated rings. The number of rotatable bonds is 3. The highest BCUT2D eigenvalue weighted by molar-refractivity contribution is 6.11. The van der Waals surface area contributed by atoms with Gasteiger partial charge in [-0.2, -0.15) is 0 Å². The second-order valence-corrected chi connectivity index (χ2v) is 6.21. The zero-order chi connectivity index (χ0) is 17.5. The summed E-state index contributed by atoms with van der Waals surface area (Å²) in [5.41, 5.74) is 0.502. The van der Waals surface area contributed by atoms with Gasteiger partial charge in [-0.25, -0.2) is 8.78 Å². The van der Waals surface area contributed by atoms with E-state index < -0.39 is 23.0 Å². The maximum absolute atomic E-state index is 13.6. The summed E-state index contributed by atoms with van der Waals surface area (Å²) in [7, 11) is 0. The van der Waals surface area contributed by atoms with Crippen LogP contribution in [0, 0.1) is 11.6 Å². The van der Waals surface area contributed by atoms with Gasteiger partial charge >= 0.3 is 0 Å². The fraction of sp³-hybridized carbons (Fsp3) is 0.222. The summed E-state index contributed by atoms with van der Waals surface area (Å²) < 4.78 is 26.8. The minimum Gasteiger partial charge on any atom is -0.322 e. The number of hydrogen-bond acceptors (Lipinski definition) is 2. The zero-order valence-corrected chi connectivity index (χ0v) is 13.3. The molecule has 0 unspecified atom stereocenters. The van der Waals surface area contributed by atoms with Gasteiger partial charge < -0.3 is 10.2 Å². The predicted molar refractivity (Wildman–Crippen MR) is 86.8 cm³/mol. The van der Waals surface area contributed by atoms with Crippen molar-refractivity contribution in [2.24, 2.45) is 0 Å². The van der Waals surface area contributed by atoms with E-state index in [9.17, 15) is 18.4 Å². The van der Waals surface area contributed by atoms with Crippen molar-refractivity contribution in [2.75, 3.05) is 16.8 Å². The molecule has 1 heterocycles. The first-order valence-corrected chi connectivity index (χ1v) is 7.47. The van der Waals surface area contributed by atoms with Crippen molar-refractivity contribution >= 4 is 23.2 Å². The molecule has 4 nitrogen and oxygen atoms in total. The Balaban J connectivity index is 1.82. The Labute approximate surface area is 138 Å². The van der Waals surface area contributed by atoms with Crippen molar-refractivity contribution < 1.29 is 18.4 Å². The molecule has 0 bridgehead atoms. The van der Waals surface area contributed by atoms with Crippen LogP contribution in [0.4, 0.5) is 20.2 Å². The van der Waals surface area contributed by atoms with E-state index in [1.54, 1.807) is 26.0 Å². The highest BCUT2D eigenvalue weighted by Crippen LogP contribution is 2.41.